The van der Waals surface area contributed by atoms with Gasteiger partial charge in [0.15, 0.2) is 0 Å². The third kappa shape index (κ3) is 2.53. The van der Waals surface area contributed by atoms with E-state index in [9.17, 15) is 0 Å². The number of amidine groups is 1. The molecule has 88 valence electrons. The molecule has 3 N–H and O–H groups in total. The van der Waals surface area contributed by atoms with Gasteiger partial charge in [0.25, 0.3) is 0 Å². The molecule has 0 amide bonds. The van der Waals surface area contributed by atoms with Crippen molar-refractivity contribution in [3.05, 3.63) is 52.8 Å². The van der Waals surface area contributed by atoms with E-state index in [-0.39, 0.29) is 5.84 Å². The quantitative estimate of drug-likeness (QED) is 0.621. The van der Waals surface area contributed by atoms with Crippen LogP contribution in [0.2, 0.25) is 0 Å². The topological polar surface area (TPSA) is 67.7 Å². The van der Waals surface area contributed by atoms with Crippen molar-refractivity contribution < 1.29 is 0 Å². The number of nitrogens with zero attached hydrogens (tertiary/aromatic N) is 2. The van der Waals surface area contributed by atoms with Crippen molar-refractivity contribution in [3.8, 4) is 0 Å². The van der Waals surface area contributed by atoms with Crippen molar-refractivity contribution in [2.45, 2.75) is 20.4 Å². The van der Waals surface area contributed by atoms with Crippen molar-refractivity contribution in [2.24, 2.45) is 5.73 Å². The van der Waals surface area contributed by atoms with Gasteiger partial charge >= 0.3 is 0 Å². The second-order valence-corrected chi connectivity index (χ2v) is 4.23. The summed E-state index contributed by atoms with van der Waals surface area (Å²) < 4.78 is 1.86. The minimum atomic E-state index is 0.00996. The molecular weight excluding hydrogens is 212 g/mol. The second kappa shape index (κ2) is 4.41. The summed E-state index contributed by atoms with van der Waals surface area (Å²) in [5.74, 6) is 0.00996. The Labute approximate surface area is 101 Å². The second-order valence-electron chi connectivity index (χ2n) is 4.23. The lowest BCUT2D eigenvalue weighted by atomic mass is 10.1. The maximum Gasteiger partial charge on any atom is 0.143 e. The van der Waals surface area contributed by atoms with Crippen LogP contribution in [0.4, 0.5) is 0 Å². The molecule has 0 bridgehead atoms. The lowest BCUT2D eigenvalue weighted by Crippen LogP contribution is -2.13. The van der Waals surface area contributed by atoms with Gasteiger partial charge in [0, 0.05) is 5.69 Å². The van der Waals surface area contributed by atoms with Crippen molar-refractivity contribution in [1.82, 2.24) is 9.78 Å². The maximum atomic E-state index is 7.36. The predicted molar refractivity (Wildman–Crippen MR) is 68.3 cm³/mol. The van der Waals surface area contributed by atoms with Gasteiger partial charge in [-0.1, -0.05) is 29.8 Å². The van der Waals surface area contributed by atoms with E-state index in [1.165, 1.54) is 11.1 Å². The number of nitrogen functional groups attached to an aromatic ring is 1. The first-order valence-electron chi connectivity index (χ1n) is 5.50. The third-order valence-corrected chi connectivity index (χ3v) is 2.71. The van der Waals surface area contributed by atoms with Gasteiger partial charge in [-0.2, -0.15) is 5.10 Å². The van der Waals surface area contributed by atoms with Crippen LogP contribution in [0.3, 0.4) is 0 Å². The molecule has 2 aromatic rings. The molecule has 2 rings (SSSR count). The number of aryl methyl sites for hydroxylation is 2. The number of rotatable bonds is 3. The smallest absolute Gasteiger partial charge is 0.143 e. The van der Waals surface area contributed by atoms with E-state index in [4.69, 9.17) is 11.1 Å². The van der Waals surface area contributed by atoms with Gasteiger partial charge in [0.1, 0.15) is 11.5 Å². The molecule has 0 spiro atoms. The van der Waals surface area contributed by atoms with E-state index in [1.54, 1.807) is 0 Å². The van der Waals surface area contributed by atoms with Crippen LogP contribution in [0, 0.1) is 19.3 Å². The number of hydrogen-bond donors (Lipinski definition) is 2. The van der Waals surface area contributed by atoms with Crippen LogP contribution in [0.1, 0.15) is 22.5 Å². The number of aromatic nitrogens is 2. The molecule has 1 aromatic heterocycles. The highest BCUT2D eigenvalue weighted by atomic mass is 15.3. The van der Waals surface area contributed by atoms with Crippen LogP contribution in [0.25, 0.3) is 0 Å². The van der Waals surface area contributed by atoms with Gasteiger partial charge < -0.3 is 5.73 Å². The number of benzene rings is 1. The van der Waals surface area contributed by atoms with Crippen molar-refractivity contribution in [3.63, 3.8) is 0 Å². The monoisotopic (exact) mass is 228 g/mol. The number of nitrogens with two attached hydrogens (primary N) is 1. The molecule has 4 heteroatoms. The van der Waals surface area contributed by atoms with E-state index >= 15 is 0 Å². The number of hydrogen-bond acceptors (Lipinski definition) is 2. The fourth-order valence-corrected chi connectivity index (χ4v) is 1.67. The molecule has 17 heavy (non-hydrogen) atoms. The Kier molecular flexibility index (Phi) is 2.95. The highest BCUT2D eigenvalue weighted by molar-refractivity contribution is 5.93. The summed E-state index contributed by atoms with van der Waals surface area (Å²) in [6, 6.07) is 10.2. The summed E-state index contributed by atoms with van der Waals surface area (Å²) in [6.45, 7) is 4.74. The van der Waals surface area contributed by atoms with Crippen LogP contribution < -0.4 is 5.73 Å². The molecule has 4 nitrogen and oxygen atoms in total. The van der Waals surface area contributed by atoms with E-state index in [0.717, 1.165) is 5.69 Å². The van der Waals surface area contributed by atoms with Gasteiger partial charge in [-0.25, -0.2) is 0 Å². The SMILES string of the molecule is Cc1ccc(Cn2nc(C(=N)N)cc2C)cc1. The Hall–Kier alpha value is -2.10. The fraction of sp³-hybridized carbons (Fsp3) is 0.231. The summed E-state index contributed by atoms with van der Waals surface area (Å²) in [5.41, 5.74) is 9.40. The van der Waals surface area contributed by atoms with Crippen LogP contribution in [-0.4, -0.2) is 15.6 Å². The predicted octanol–water partition coefficient (Wildman–Crippen LogP) is 1.83. The standard InChI is InChI=1S/C13H16N4/c1-9-3-5-11(6-4-9)8-17-10(2)7-12(16-17)13(14)15/h3-7H,8H2,1-2H3,(H3,14,15). The first-order chi connectivity index (χ1) is 8.06. The number of nitrogens with one attached hydrogen (secondary N) is 1. The van der Waals surface area contributed by atoms with Gasteiger partial charge in [-0.05, 0) is 25.5 Å². The summed E-state index contributed by atoms with van der Waals surface area (Å²) in [5, 5.41) is 11.6. The van der Waals surface area contributed by atoms with Crippen LogP contribution in [-0.2, 0) is 6.54 Å². The van der Waals surface area contributed by atoms with Crippen LogP contribution >= 0.6 is 0 Å². The zero-order valence-corrected chi connectivity index (χ0v) is 10.1. The average Bonchev–Trinajstić information content (AvgIpc) is 2.64. The van der Waals surface area contributed by atoms with Gasteiger partial charge in [0.2, 0.25) is 0 Å². The summed E-state index contributed by atoms with van der Waals surface area (Å²) in [7, 11) is 0. The fourth-order valence-electron chi connectivity index (χ4n) is 1.67. The summed E-state index contributed by atoms with van der Waals surface area (Å²) in [6.07, 6.45) is 0. The minimum absolute atomic E-state index is 0.00996. The third-order valence-electron chi connectivity index (χ3n) is 2.71. The Morgan fingerprint density at radius 1 is 1.29 bits per heavy atom. The lowest BCUT2D eigenvalue weighted by molar-refractivity contribution is 0.663. The Bertz CT molecular complexity index is 537. The molecule has 0 fully saturated rings. The zero-order chi connectivity index (χ0) is 12.4. The molecule has 1 aromatic carbocycles. The molecule has 0 radical (unpaired) electrons. The molecule has 0 saturated heterocycles. The molecule has 0 aliphatic carbocycles. The van der Waals surface area contributed by atoms with Crippen molar-refractivity contribution >= 4 is 5.84 Å². The van der Waals surface area contributed by atoms with Gasteiger partial charge in [0.05, 0.1) is 6.54 Å². The highest BCUT2D eigenvalue weighted by Gasteiger charge is 2.06. The average molecular weight is 228 g/mol. The van der Waals surface area contributed by atoms with Crippen molar-refractivity contribution in [2.75, 3.05) is 0 Å². The van der Waals surface area contributed by atoms with Crippen LogP contribution in [0.15, 0.2) is 30.3 Å². The van der Waals surface area contributed by atoms with E-state index in [1.807, 2.05) is 17.7 Å². The highest BCUT2D eigenvalue weighted by Crippen LogP contribution is 2.08. The van der Waals surface area contributed by atoms with Gasteiger partial charge in [-0.3, -0.25) is 10.1 Å². The zero-order valence-electron chi connectivity index (χ0n) is 10.1. The Morgan fingerprint density at radius 2 is 1.94 bits per heavy atom. The summed E-state index contributed by atoms with van der Waals surface area (Å²) >= 11 is 0. The summed E-state index contributed by atoms with van der Waals surface area (Å²) in [4.78, 5) is 0. The molecule has 0 aliphatic heterocycles. The van der Waals surface area contributed by atoms with Gasteiger partial charge in [-0.15, -0.1) is 0 Å². The largest absolute Gasteiger partial charge is 0.382 e. The van der Waals surface area contributed by atoms with Crippen molar-refractivity contribution in [1.29, 1.82) is 5.41 Å². The minimum Gasteiger partial charge on any atom is -0.382 e. The molecule has 0 atom stereocenters. The van der Waals surface area contributed by atoms with Crippen LogP contribution in [0.5, 0.6) is 0 Å². The Morgan fingerprint density at radius 3 is 2.47 bits per heavy atom. The molecule has 0 unspecified atom stereocenters. The van der Waals surface area contributed by atoms with E-state index < -0.39 is 0 Å². The first kappa shape index (κ1) is 11.4. The van der Waals surface area contributed by atoms with E-state index in [0.29, 0.717) is 12.2 Å². The molecule has 0 aliphatic rings. The Balaban J connectivity index is 2.24. The first-order valence-corrected chi connectivity index (χ1v) is 5.50. The molecule has 0 saturated carbocycles. The molecule has 1 heterocycles. The lowest BCUT2D eigenvalue weighted by Gasteiger charge is -2.04. The normalized spacial score (nSPS) is 10.5. The maximum absolute atomic E-state index is 7.36. The van der Waals surface area contributed by atoms with E-state index in [2.05, 4.69) is 36.3 Å². The molecular formula is C13H16N4.